The molecule has 0 radical (unpaired) electrons. The number of para-hydroxylation sites is 2. The highest BCUT2D eigenvalue weighted by Gasteiger charge is 2.15. The Morgan fingerprint density at radius 3 is 2.10 bits per heavy atom. The largest absolute Gasteiger partial charge is 0.466 e. The number of nitrogens with zero attached hydrogens (tertiary/aromatic N) is 1. The molecule has 0 aliphatic heterocycles. The molecule has 41 heavy (non-hydrogen) atoms. The lowest BCUT2D eigenvalue weighted by Crippen LogP contribution is -2.23. The second-order valence-corrected chi connectivity index (χ2v) is 10.8. The molecule has 0 fully saturated rings. The smallest absolute Gasteiger partial charge is 0.338 e. The number of anilines is 3. The second-order valence-electron chi connectivity index (χ2n) is 9.12. The number of unbranched alkanes of at least 4 members (excludes halogenated alkanes) is 2. The van der Waals surface area contributed by atoms with Gasteiger partial charge < -0.3 is 20.5 Å². The fourth-order valence-corrected chi connectivity index (χ4v) is 4.73. The highest BCUT2D eigenvalue weighted by Crippen LogP contribution is 2.32. The maximum absolute atomic E-state index is 12.3. The van der Waals surface area contributed by atoms with Crippen molar-refractivity contribution >= 4 is 68.1 Å². The standard InChI is InChI=1S/C19H29BrN2O4.C12H9Cl2N/c1-4-22(5-2)13-16-11-15(12-17(20)18(16)21)19(24)26-10-8-6-7-9-25-14(3)23;13-10-7-4-8-11(14)12(10)15-9-5-2-1-3-6-9/h11-12H,4-10,13,21H2,1-3H3;1-8,15H. The molecular formula is C31H38BrCl2N3O4. The first-order valence-corrected chi connectivity index (χ1v) is 15.1. The van der Waals surface area contributed by atoms with Crippen LogP contribution in [0.4, 0.5) is 17.1 Å². The molecule has 0 saturated carbocycles. The van der Waals surface area contributed by atoms with Gasteiger partial charge in [0, 0.05) is 23.6 Å². The molecule has 7 nitrogen and oxygen atoms in total. The third kappa shape index (κ3) is 12.3. The highest BCUT2D eigenvalue weighted by molar-refractivity contribution is 9.10. The van der Waals surface area contributed by atoms with Crippen LogP contribution < -0.4 is 11.1 Å². The van der Waals surface area contributed by atoms with Crippen LogP contribution in [0.2, 0.25) is 10.0 Å². The maximum atomic E-state index is 12.3. The minimum Gasteiger partial charge on any atom is -0.466 e. The Morgan fingerprint density at radius 2 is 1.51 bits per heavy atom. The fraction of sp³-hybridized carbons (Fsp3) is 0.355. The topological polar surface area (TPSA) is 93.9 Å². The van der Waals surface area contributed by atoms with Crippen LogP contribution in [-0.4, -0.2) is 43.1 Å². The number of hydrogen-bond acceptors (Lipinski definition) is 7. The Bertz CT molecular complexity index is 1240. The van der Waals surface area contributed by atoms with Crippen molar-refractivity contribution in [3.8, 4) is 0 Å². The zero-order valence-electron chi connectivity index (χ0n) is 23.7. The van der Waals surface area contributed by atoms with Gasteiger partial charge >= 0.3 is 11.9 Å². The lowest BCUT2D eigenvalue weighted by Gasteiger charge is -2.20. The van der Waals surface area contributed by atoms with Crippen molar-refractivity contribution in [3.05, 3.63) is 86.3 Å². The van der Waals surface area contributed by atoms with Gasteiger partial charge in [-0.15, -0.1) is 0 Å². The first kappa shape index (κ1) is 34.4. The summed E-state index contributed by atoms with van der Waals surface area (Å²) < 4.78 is 10.9. The molecule has 0 bridgehead atoms. The van der Waals surface area contributed by atoms with Gasteiger partial charge in [-0.2, -0.15) is 0 Å². The lowest BCUT2D eigenvalue weighted by molar-refractivity contribution is -0.141. The predicted molar refractivity (Wildman–Crippen MR) is 172 cm³/mol. The third-order valence-corrected chi connectivity index (χ3v) is 7.36. The number of ether oxygens (including phenoxy) is 2. The zero-order valence-corrected chi connectivity index (χ0v) is 26.8. The molecule has 3 aromatic rings. The van der Waals surface area contributed by atoms with E-state index in [1.807, 2.05) is 36.4 Å². The number of nitrogen functional groups attached to an aromatic ring is 1. The van der Waals surface area contributed by atoms with Crippen molar-refractivity contribution in [2.45, 2.75) is 46.6 Å². The van der Waals surface area contributed by atoms with Crippen LogP contribution in [0.3, 0.4) is 0 Å². The Balaban J connectivity index is 0.000000329. The van der Waals surface area contributed by atoms with E-state index in [1.54, 1.807) is 24.3 Å². The number of rotatable bonds is 13. The number of benzene rings is 3. The van der Waals surface area contributed by atoms with Gasteiger partial charge in [-0.05, 0) is 90.2 Å². The summed E-state index contributed by atoms with van der Waals surface area (Å²) in [6.07, 6.45) is 2.33. The SMILES string of the molecule is CCN(CC)Cc1cc(C(=O)OCCCCCOC(C)=O)cc(Br)c1N.Clc1cccc(Cl)c1Nc1ccccc1. The van der Waals surface area contributed by atoms with E-state index >= 15 is 0 Å². The number of esters is 2. The van der Waals surface area contributed by atoms with Gasteiger partial charge in [-0.3, -0.25) is 9.69 Å². The molecule has 0 saturated heterocycles. The molecule has 3 rings (SSSR count). The summed E-state index contributed by atoms with van der Waals surface area (Å²) in [7, 11) is 0. The van der Waals surface area contributed by atoms with E-state index in [4.69, 9.17) is 38.4 Å². The normalized spacial score (nSPS) is 10.5. The number of nitrogens with two attached hydrogens (primary N) is 1. The molecule has 0 aromatic heterocycles. The number of hydrogen-bond donors (Lipinski definition) is 2. The summed E-state index contributed by atoms with van der Waals surface area (Å²) >= 11 is 15.5. The van der Waals surface area contributed by atoms with Crippen LogP contribution in [0.1, 0.15) is 56.0 Å². The van der Waals surface area contributed by atoms with Gasteiger partial charge in [0.2, 0.25) is 0 Å². The molecule has 10 heteroatoms. The number of carbonyl (C=O) groups is 2. The Hall–Kier alpha value is -2.78. The van der Waals surface area contributed by atoms with Gasteiger partial charge in [0.15, 0.2) is 0 Å². The highest BCUT2D eigenvalue weighted by atomic mass is 79.9. The summed E-state index contributed by atoms with van der Waals surface area (Å²) in [4.78, 5) is 25.2. The van der Waals surface area contributed by atoms with E-state index in [9.17, 15) is 9.59 Å². The Morgan fingerprint density at radius 1 is 0.902 bits per heavy atom. The van der Waals surface area contributed by atoms with Crippen LogP contribution in [-0.2, 0) is 20.8 Å². The van der Waals surface area contributed by atoms with Crippen molar-refractivity contribution in [2.24, 2.45) is 0 Å². The first-order valence-electron chi connectivity index (χ1n) is 13.5. The second kappa shape index (κ2) is 18.6. The van der Waals surface area contributed by atoms with Gasteiger partial charge in [0.1, 0.15) is 0 Å². The molecule has 0 heterocycles. The van der Waals surface area contributed by atoms with Gasteiger partial charge in [0.25, 0.3) is 0 Å². The summed E-state index contributed by atoms with van der Waals surface area (Å²) in [6.45, 7) is 8.83. The average molecular weight is 667 g/mol. The summed E-state index contributed by atoms with van der Waals surface area (Å²) in [5, 5.41) is 4.41. The molecule has 0 spiro atoms. The van der Waals surface area contributed by atoms with E-state index in [0.717, 1.165) is 49.3 Å². The van der Waals surface area contributed by atoms with Crippen LogP contribution in [0, 0.1) is 0 Å². The minimum absolute atomic E-state index is 0.272. The van der Waals surface area contributed by atoms with E-state index in [-0.39, 0.29) is 11.9 Å². The number of halogens is 3. The van der Waals surface area contributed by atoms with E-state index in [1.165, 1.54) is 6.92 Å². The van der Waals surface area contributed by atoms with Gasteiger partial charge in [-0.25, -0.2) is 4.79 Å². The zero-order chi connectivity index (χ0) is 30.2. The molecule has 0 aliphatic rings. The fourth-order valence-electron chi connectivity index (χ4n) is 3.74. The van der Waals surface area contributed by atoms with Crippen LogP contribution in [0.25, 0.3) is 0 Å². The van der Waals surface area contributed by atoms with E-state index in [2.05, 4.69) is 40.0 Å². The molecule has 0 amide bonds. The van der Waals surface area contributed by atoms with Crippen LogP contribution in [0.15, 0.2) is 65.1 Å². The summed E-state index contributed by atoms with van der Waals surface area (Å²) in [5.74, 6) is -0.627. The quantitative estimate of drug-likeness (QED) is 0.107. The first-order chi connectivity index (χ1) is 19.7. The third-order valence-electron chi connectivity index (χ3n) is 6.07. The minimum atomic E-state index is -0.355. The van der Waals surface area contributed by atoms with Crippen LogP contribution in [0.5, 0.6) is 0 Å². The lowest BCUT2D eigenvalue weighted by atomic mass is 10.1. The predicted octanol–water partition coefficient (Wildman–Crippen LogP) is 8.50. The Labute approximate surface area is 261 Å². The molecule has 0 unspecified atom stereocenters. The van der Waals surface area contributed by atoms with Crippen LogP contribution >= 0.6 is 39.1 Å². The monoisotopic (exact) mass is 665 g/mol. The average Bonchev–Trinajstić information content (AvgIpc) is 2.96. The van der Waals surface area contributed by atoms with Crippen molar-refractivity contribution in [3.63, 3.8) is 0 Å². The van der Waals surface area contributed by atoms with Crippen molar-refractivity contribution in [2.75, 3.05) is 37.4 Å². The van der Waals surface area contributed by atoms with Crippen molar-refractivity contribution in [1.29, 1.82) is 0 Å². The molecule has 222 valence electrons. The summed E-state index contributed by atoms with van der Waals surface area (Å²) in [6, 6.07) is 18.7. The van der Waals surface area contributed by atoms with E-state index in [0.29, 0.717) is 45.5 Å². The molecule has 3 aromatic carbocycles. The maximum Gasteiger partial charge on any atom is 0.338 e. The number of carbonyl (C=O) groups excluding carboxylic acids is 2. The molecule has 0 atom stereocenters. The molecule has 3 N–H and O–H groups in total. The van der Waals surface area contributed by atoms with Gasteiger partial charge in [-0.1, -0.05) is 61.3 Å². The summed E-state index contributed by atoms with van der Waals surface area (Å²) in [5.41, 5.74) is 9.90. The number of nitrogens with one attached hydrogen (secondary N) is 1. The Kier molecular flexibility index (Phi) is 15.6. The van der Waals surface area contributed by atoms with Crippen molar-refractivity contribution < 1.29 is 19.1 Å². The molecule has 0 aliphatic carbocycles. The molecular weight excluding hydrogens is 629 g/mol. The van der Waals surface area contributed by atoms with E-state index < -0.39 is 0 Å². The van der Waals surface area contributed by atoms with Gasteiger partial charge in [0.05, 0.1) is 40.2 Å². The van der Waals surface area contributed by atoms with Crippen molar-refractivity contribution in [1.82, 2.24) is 4.90 Å².